The van der Waals surface area contributed by atoms with E-state index in [0.29, 0.717) is 50.5 Å². The third-order valence-corrected chi connectivity index (χ3v) is 17.4. The number of aliphatic hydroxyl groups excluding tert-OH is 2. The van der Waals surface area contributed by atoms with Crippen molar-refractivity contribution in [3.05, 3.63) is 119 Å². The summed E-state index contributed by atoms with van der Waals surface area (Å²) in [6, 6.07) is 28.6. The number of carbonyl (C=O) groups is 2. The first-order valence-corrected chi connectivity index (χ1v) is 30.7. The van der Waals surface area contributed by atoms with Gasteiger partial charge in [-0.15, -0.1) is 0 Å². The SMILES string of the molecule is O=C(NCCCCNC(=O)NCCOCCOCCNS(=O)(=O)c1ccc(O[C@H]2c3ccccc3C[C@@H]2N2CC[C@@H](O)C2)cc1)NCCOCCOCCNS(=O)(=O)c1ccc(O[C@H]2c3ccccc3C[C@@H]2N2CC[C@@H](O)C2)cc1. The number of likely N-dealkylation sites (tertiary alicyclic amines) is 2. The molecule has 0 spiro atoms. The van der Waals surface area contributed by atoms with Crippen molar-refractivity contribution in [3.8, 4) is 11.5 Å². The third kappa shape index (κ3) is 18.0. The molecule has 0 saturated carbocycles. The van der Waals surface area contributed by atoms with Gasteiger partial charge in [0.1, 0.15) is 23.7 Å². The average molecular weight is 1150 g/mol. The van der Waals surface area contributed by atoms with Crippen LogP contribution in [0.4, 0.5) is 9.59 Å². The molecule has 2 heterocycles. The molecule has 0 bridgehead atoms. The predicted octanol–water partition coefficient (Wildman–Crippen LogP) is 2.61. The summed E-state index contributed by atoms with van der Waals surface area (Å²) in [4.78, 5) is 29.0. The first kappa shape index (κ1) is 60.6. The van der Waals surface area contributed by atoms with E-state index in [9.17, 15) is 36.6 Å². The van der Waals surface area contributed by atoms with E-state index in [1.54, 1.807) is 24.3 Å². The second kappa shape index (κ2) is 30.5. The number of nitrogens with one attached hydrogen (secondary N) is 6. The maximum Gasteiger partial charge on any atom is 0.314 e. The lowest BCUT2D eigenvalue weighted by Gasteiger charge is -2.30. The summed E-state index contributed by atoms with van der Waals surface area (Å²) >= 11 is 0. The van der Waals surface area contributed by atoms with Gasteiger partial charge in [-0.1, -0.05) is 48.5 Å². The topological polar surface area (TPSA) is 277 Å². The summed E-state index contributed by atoms with van der Waals surface area (Å²) < 4.78 is 91.8. The smallest absolute Gasteiger partial charge is 0.314 e. The van der Waals surface area contributed by atoms with Crippen LogP contribution in [-0.2, 0) is 51.8 Å². The van der Waals surface area contributed by atoms with Crippen LogP contribution in [0.3, 0.4) is 0 Å². The maximum atomic E-state index is 12.9. The highest BCUT2D eigenvalue weighted by atomic mass is 32.2. The van der Waals surface area contributed by atoms with Crippen molar-refractivity contribution in [1.29, 1.82) is 0 Å². The van der Waals surface area contributed by atoms with Gasteiger partial charge in [-0.25, -0.2) is 35.9 Å². The number of hydrogen-bond acceptors (Lipinski definition) is 16. The molecule has 24 heteroatoms. The number of amides is 4. The van der Waals surface area contributed by atoms with Gasteiger partial charge in [0.15, 0.2) is 0 Å². The molecule has 2 fully saturated rings. The number of hydrogen-bond donors (Lipinski definition) is 8. The number of ether oxygens (including phenoxy) is 6. The number of fused-ring (bicyclic) bond motifs is 2. The van der Waals surface area contributed by atoms with Crippen LogP contribution < -0.4 is 40.2 Å². The Bertz CT molecular complexity index is 2610. The Kier molecular flexibility index (Phi) is 23.1. The first-order valence-electron chi connectivity index (χ1n) is 27.7. The number of benzene rings is 4. The Hall–Kier alpha value is -5.48. The molecule has 438 valence electrons. The number of β-amino-alcohol motifs (C(OH)–C–C–N with tert-alkyl or cyclic N) is 2. The number of aliphatic hydroxyl groups is 2. The predicted molar refractivity (Wildman–Crippen MR) is 298 cm³/mol. The Morgan fingerprint density at radius 3 is 1.21 bits per heavy atom. The highest BCUT2D eigenvalue weighted by Crippen LogP contribution is 2.41. The summed E-state index contributed by atoms with van der Waals surface area (Å²) in [5, 5.41) is 31.3. The van der Waals surface area contributed by atoms with Gasteiger partial charge in [0.05, 0.1) is 86.9 Å². The summed E-state index contributed by atoms with van der Waals surface area (Å²) in [6.45, 7) is 6.25. The van der Waals surface area contributed by atoms with Crippen molar-refractivity contribution < 1.29 is 65.1 Å². The Morgan fingerprint density at radius 2 is 0.838 bits per heavy atom. The summed E-state index contributed by atoms with van der Waals surface area (Å²) in [6.07, 6.45) is 3.30. The molecule has 0 unspecified atom stereocenters. The molecule has 2 aliphatic carbocycles. The molecular weight excluding hydrogens is 1070 g/mol. The molecule has 80 heavy (non-hydrogen) atoms. The minimum absolute atomic E-state index is 0.0742. The number of sulfonamides is 2. The van der Waals surface area contributed by atoms with E-state index in [1.165, 1.54) is 35.4 Å². The molecule has 8 rings (SSSR count). The largest absolute Gasteiger partial charge is 0.484 e. The molecule has 4 aliphatic rings. The van der Waals surface area contributed by atoms with Crippen molar-refractivity contribution in [1.82, 2.24) is 40.5 Å². The van der Waals surface area contributed by atoms with Gasteiger partial charge in [0.2, 0.25) is 20.0 Å². The van der Waals surface area contributed by atoms with Gasteiger partial charge in [-0.05, 0) is 109 Å². The zero-order valence-electron chi connectivity index (χ0n) is 45.2. The zero-order chi connectivity index (χ0) is 56.2. The molecule has 4 amide bonds. The molecule has 0 aromatic heterocycles. The van der Waals surface area contributed by atoms with Gasteiger partial charge in [-0.3, -0.25) is 9.80 Å². The Labute approximate surface area is 469 Å². The Balaban J connectivity index is 0.565. The van der Waals surface area contributed by atoms with Crippen molar-refractivity contribution in [2.75, 3.05) is 118 Å². The molecule has 6 atom stereocenters. The van der Waals surface area contributed by atoms with E-state index in [0.717, 1.165) is 49.9 Å². The van der Waals surface area contributed by atoms with E-state index >= 15 is 0 Å². The highest BCUT2D eigenvalue weighted by molar-refractivity contribution is 7.89. The lowest BCUT2D eigenvalue weighted by atomic mass is 10.1. The number of urea groups is 2. The molecule has 2 aliphatic heterocycles. The molecule has 2 saturated heterocycles. The standard InChI is InChI=1S/C56H78N8O14S2/c65-43-19-27-63(39-43)51-37-41-7-1-3-9-49(41)53(51)77-45-11-15-47(16-12-45)79(69,70)61-25-31-75-35-33-73-29-23-59-55(67)57-21-5-6-22-58-56(68)60-24-30-74-34-36-76-32-26-62-80(71,72)48-17-13-46(14-18-48)78-54-50-10-4-2-8-42(50)38-52(54)64-28-20-44(66)40-64/h1-4,7-18,43-44,51-54,61-62,65-66H,5-6,19-40H2,(H2,57,59,67)(H2,58,60,68)/t43-,44-,51+,52+,53+,54+/m1/s1. The van der Waals surface area contributed by atoms with Gasteiger partial charge in [0.25, 0.3) is 0 Å². The highest BCUT2D eigenvalue weighted by Gasteiger charge is 2.42. The second-order valence-electron chi connectivity index (χ2n) is 20.2. The lowest BCUT2D eigenvalue weighted by molar-refractivity contribution is 0.0516. The van der Waals surface area contributed by atoms with Crippen LogP contribution in [0.15, 0.2) is 107 Å². The Morgan fingerprint density at radius 1 is 0.475 bits per heavy atom. The minimum atomic E-state index is -3.77. The maximum absolute atomic E-state index is 12.9. The van der Waals surface area contributed by atoms with Crippen LogP contribution >= 0.6 is 0 Å². The zero-order valence-corrected chi connectivity index (χ0v) is 46.8. The van der Waals surface area contributed by atoms with Crippen molar-refractivity contribution in [2.24, 2.45) is 0 Å². The quantitative estimate of drug-likeness (QED) is 0.0319. The molecule has 22 nitrogen and oxygen atoms in total. The number of rotatable bonds is 33. The fourth-order valence-corrected chi connectivity index (χ4v) is 12.4. The molecular formula is C56H78N8O14S2. The number of unbranched alkanes of at least 4 members (excludes halogenated alkanes) is 1. The van der Waals surface area contributed by atoms with Gasteiger partial charge in [-0.2, -0.15) is 0 Å². The van der Waals surface area contributed by atoms with Crippen LogP contribution in [0.25, 0.3) is 0 Å². The van der Waals surface area contributed by atoms with E-state index in [-0.39, 0.29) is 137 Å². The number of nitrogens with zero attached hydrogens (tertiary/aromatic N) is 2. The van der Waals surface area contributed by atoms with Crippen LogP contribution in [0.2, 0.25) is 0 Å². The normalized spacial score (nSPS) is 21.0. The summed E-state index contributed by atoms with van der Waals surface area (Å²) in [5.74, 6) is 1.13. The van der Waals surface area contributed by atoms with Gasteiger partial charge < -0.3 is 59.9 Å². The minimum Gasteiger partial charge on any atom is -0.484 e. The first-order chi connectivity index (χ1) is 38.8. The third-order valence-electron chi connectivity index (χ3n) is 14.5. The molecule has 4 aromatic rings. The van der Waals surface area contributed by atoms with Crippen LogP contribution in [0.1, 0.15) is 60.1 Å². The van der Waals surface area contributed by atoms with Crippen molar-refractivity contribution in [3.63, 3.8) is 0 Å². The van der Waals surface area contributed by atoms with Crippen LogP contribution in [0, 0.1) is 0 Å². The summed E-state index contributed by atoms with van der Waals surface area (Å²) in [7, 11) is -7.55. The van der Waals surface area contributed by atoms with E-state index in [2.05, 4.69) is 64.8 Å². The summed E-state index contributed by atoms with van der Waals surface area (Å²) in [5.41, 5.74) is 4.66. The fourth-order valence-electron chi connectivity index (χ4n) is 10.4. The molecule has 8 N–H and O–H groups in total. The van der Waals surface area contributed by atoms with Crippen LogP contribution in [0.5, 0.6) is 11.5 Å². The molecule has 4 aromatic carbocycles. The fraction of sp³-hybridized carbons (Fsp3) is 0.536. The van der Waals surface area contributed by atoms with E-state index < -0.39 is 20.0 Å². The number of carbonyl (C=O) groups excluding carboxylic acids is 2. The van der Waals surface area contributed by atoms with Crippen LogP contribution in [-0.4, -0.2) is 192 Å². The second-order valence-corrected chi connectivity index (χ2v) is 23.7. The van der Waals surface area contributed by atoms with Crippen molar-refractivity contribution >= 4 is 32.1 Å². The van der Waals surface area contributed by atoms with E-state index in [4.69, 9.17) is 28.4 Å². The average Bonchev–Trinajstić information content (AvgIpc) is 4.27. The van der Waals surface area contributed by atoms with Gasteiger partial charge >= 0.3 is 12.1 Å². The lowest BCUT2D eigenvalue weighted by Crippen LogP contribution is -2.39. The van der Waals surface area contributed by atoms with Gasteiger partial charge in [0, 0.05) is 65.4 Å². The van der Waals surface area contributed by atoms with E-state index in [1.807, 2.05) is 24.3 Å². The van der Waals surface area contributed by atoms with Crippen molar-refractivity contribution in [2.45, 2.75) is 84.8 Å². The molecule has 0 radical (unpaired) electrons. The monoisotopic (exact) mass is 1150 g/mol.